The van der Waals surface area contributed by atoms with Crippen molar-refractivity contribution in [3.8, 4) is 0 Å². The van der Waals surface area contributed by atoms with Crippen molar-refractivity contribution in [1.82, 2.24) is 10.6 Å². The smallest absolute Gasteiger partial charge is 0.136 e. The largest absolute Gasteiger partial charge is 0.385 e. The summed E-state index contributed by atoms with van der Waals surface area (Å²) in [6.07, 6.45) is 4.43. The molecule has 0 spiro atoms. The molecule has 2 rings (SSSR count). The number of nitrogens with two attached hydrogens (primary N) is 2. The van der Waals surface area contributed by atoms with Crippen LogP contribution < -0.4 is 22.1 Å². The van der Waals surface area contributed by atoms with Crippen LogP contribution in [0.2, 0.25) is 0 Å². The van der Waals surface area contributed by atoms with Gasteiger partial charge in [0.05, 0.1) is 6.34 Å². The van der Waals surface area contributed by atoms with Crippen molar-refractivity contribution in [2.75, 3.05) is 13.1 Å². The van der Waals surface area contributed by atoms with E-state index in [2.05, 4.69) is 15.6 Å². The van der Waals surface area contributed by atoms with Gasteiger partial charge in [-0.05, 0) is 19.0 Å². The van der Waals surface area contributed by atoms with E-state index >= 15 is 0 Å². The van der Waals surface area contributed by atoms with E-state index in [9.17, 15) is 0 Å². The molecule has 2 aliphatic heterocycles. The average Bonchev–Trinajstić information content (AvgIpc) is 2.55. The van der Waals surface area contributed by atoms with Crippen LogP contribution >= 0.6 is 0 Å². The second-order valence-corrected chi connectivity index (χ2v) is 3.58. The highest BCUT2D eigenvalue weighted by atomic mass is 15.2. The van der Waals surface area contributed by atoms with Gasteiger partial charge in [0, 0.05) is 12.5 Å². The van der Waals surface area contributed by atoms with Gasteiger partial charge in [-0.25, -0.2) is 4.99 Å². The van der Waals surface area contributed by atoms with E-state index in [1.54, 1.807) is 12.4 Å². The number of aliphatic imine (C=N–C) groups is 1. The molecule has 2 unspecified atom stereocenters. The minimum Gasteiger partial charge on any atom is -0.385 e. The van der Waals surface area contributed by atoms with Crippen LogP contribution in [-0.2, 0) is 0 Å². The maximum Gasteiger partial charge on any atom is 0.136 e. The Morgan fingerprint density at radius 1 is 1.62 bits per heavy atom. The molecule has 2 atom stereocenters. The van der Waals surface area contributed by atoms with Gasteiger partial charge in [-0.1, -0.05) is 0 Å². The fraction of sp³-hybridized carbons (Fsp3) is 0.625. The van der Waals surface area contributed by atoms with Crippen LogP contribution in [0.4, 0.5) is 0 Å². The van der Waals surface area contributed by atoms with Gasteiger partial charge >= 0.3 is 0 Å². The van der Waals surface area contributed by atoms with E-state index in [1.807, 2.05) is 0 Å². The molecule has 2 aliphatic rings. The number of rotatable bonds is 1. The zero-order valence-corrected chi connectivity index (χ0v) is 7.46. The van der Waals surface area contributed by atoms with Crippen LogP contribution in [0.3, 0.4) is 0 Å². The van der Waals surface area contributed by atoms with Gasteiger partial charge in [0.15, 0.2) is 0 Å². The van der Waals surface area contributed by atoms with Crippen molar-refractivity contribution in [1.29, 1.82) is 0 Å². The highest BCUT2D eigenvalue weighted by Crippen LogP contribution is 2.25. The predicted molar refractivity (Wildman–Crippen MR) is 51.8 cm³/mol. The van der Waals surface area contributed by atoms with Crippen LogP contribution in [-0.4, -0.2) is 25.1 Å². The summed E-state index contributed by atoms with van der Waals surface area (Å²) in [5.41, 5.74) is 11.1. The van der Waals surface area contributed by atoms with Crippen molar-refractivity contribution in [3.05, 3.63) is 11.9 Å². The third kappa shape index (κ3) is 1.52. The molecule has 5 nitrogen and oxygen atoms in total. The molecular formula is C8H15N5. The highest BCUT2D eigenvalue weighted by Gasteiger charge is 2.35. The number of nitrogens with zero attached hydrogens (tertiary/aromatic N) is 1. The molecule has 13 heavy (non-hydrogen) atoms. The predicted octanol–water partition coefficient (Wildman–Crippen LogP) is -1.32. The summed E-state index contributed by atoms with van der Waals surface area (Å²) in [4.78, 5) is 4.24. The lowest BCUT2D eigenvalue weighted by Crippen LogP contribution is -2.48. The highest BCUT2D eigenvalue weighted by molar-refractivity contribution is 5.60. The Balaban J connectivity index is 2.18. The van der Waals surface area contributed by atoms with Crippen LogP contribution in [0.25, 0.3) is 0 Å². The van der Waals surface area contributed by atoms with E-state index < -0.39 is 5.66 Å². The number of hydrogen-bond acceptors (Lipinski definition) is 5. The molecule has 0 aromatic heterocycles. The molecule has 0 aliphatic carbocycles. The van der Waals surface area contributed by atoms with E-state index in [0.29, 0.717) is 11.7 Å². The third-order valence-electron chi connectivity index (χ3n) is 2.62. The number of nitrogens with one attached hydrogen (secondary N) is 2. The Labute approximate surface area is 77.3 Å². The van der Waals surface area contributed by atoms with Crippen LogP contribution in [0, 0.1) is 5.92 Å². The molecule has 0 aromatic carbocycles. The van der Waals surface area contributed by atoms with Gasteiger partial charge in [-0.15, -0.1) is 0 Å². The molecule has 0 aromatic rings. The molecule has 6 N–H and O–H groups in total. The van der Waals surface area contributed by atoms with Gasteiger partial charge in [0.1, 0.15) is 11.5 Å². The van der Waals surface area contributed by atoms with Crippen molar-refractivity contribution in [2.45, 2.75) is 12.1 Å². The fourth-order valence-corrected chi connectivity index (χ4v) is 1.82. The van der Waals surface area contributed by atoms with Crippen LogP contribution in [0.5, 0.6) is 0 Å². The standard InChI is InChI=1S/C8H15N5/c9-7-3-8(10,13-5-12-7)6-1-2-11-4-6/h3,5-6,11H,1-2,4,9-10H2,(H,12,13). The molecule has 72 valence electrons. The summed E-state index contributed by atoms with van der Waals surface area (Å²) in [7, 11) is 0. The monoisotopic (exact) mass is 181 g/mol. The van der Waals surface area contributed by atoms with Crippen molar-refractivity contribution < 1.29 is 0 Å². The Morgan fingerprint density at radius 3 is 3.08 bits per heavy atom. The maximum absolute atomic E-state index is 6.12. The normalized spacial score (nSPS) is 38.5. The minimum atomic E-state index is -0.612. The topological polar surface area (TPSA) is 88.5 Å². The van der Waals surface area contributed by atoms with E-state index in [0.717, 1.165) is 19.5 Å². The molecule has 0 amide bonds. The lowest BCUT2D eigenvalue weighted by molar-refractivity contribution is 0.365. The molecular weight excluding hydrogens is 166 g/mol. The molecule has 0 bridgehead atoms. The molecule has 5 heteroatoms. The van der Waals surface area contributed by atoms with E-state index in [-0.39, 0.29) is 0 Å². The average molecular weight is 181 g/mol. The van der Waals surface area contributed by atoms with Crippen molar-refractivity contribution in [2.24, 2.45) is 22.4 Å². The Kier molecular flexibility index (Phi) is 1.97. The van der Waals surface area contributed by atoms with Crippen LogP contribution in [0.1, 0.15) is 6.42 Å². The third-order valence-corrected chi connectivity index (χ3v) is 2.62. The summed E-state index contributed by atoms with van der Waals surface area (Å²) in [6.45, 7) is 1.93. The van der Waals surface area contributed by atoms with Crippen molar-refractivity contribution >= 4 is 6.34 Å². The first-order chi connectivity index (χ1) is 6.21. The molecule has 0 radical (unpaired) electrons. The second kappa shape index (κ2) is 3.01. The van der Waals surface area contributed by atoms with Gasteiger partial charge in [0.2, 0.25) is 0 Å². The van der Waals surface area contributed by atoms with Gasteiger partial charge in [-0.2, -0.15) is 0 Å². The summed E-state index contributed by atoms with van der Waals surface area (Å²) in [5, 5.41) is 6.07. The Hall–Kier alpha value is -1.07. The first kappa shape index (κ1) is 8.52. The zero-order valence-electron chi connectivity index (χ0n) is 7.46. The molecule has 0 saturated carbocycles. The fourth-order valence-electron chi connectivity index (χ4n) is 1.82. The summed E-state index contributed by atoms with van der Waals surface area (Å²) in [5.74, 6) is 0.939. The minimum absolute atomic E-state index is 0.351. The summed E-state index contributed by atoms with van der Waals surface area (Å²) < 4.78 is 0. The zero-order chi connectivity index (χ0) is 9.31. The molecule has 1 saturated heterocycles. The maximum atomic E-state index is 6.12. The van der Waals surface area contributed by atoms with Gasteiger partial charge < -0.3 is 22.1 Å². The van der Waals surface area contributed by atoms with Crippen LogP contribution in [0.15, 0.2) is 16.9 Å². The van der Waals surface area contributed by atoms with Gasteiger partial charge in [-0.3, -0.25) is 0 Å². The Morgan fingerprint density at radius 2 is 2.46 bits per heavy atom. The van der Waals surface area contributed by atoms with E-state index in [4.69, 9.17) is 11.5 Å². The Bertz CT molecular complexity index is 253. The van der Waals surface area contributed by atoms with Crippen molar-refractivity contribution in [3.63, 3.8) is 0 Å². The molecule has 2 heterocycles. The van der Waals surface area contributed by atoms with E-state index in [1.165, 1.54) is 0 Å². The first-order valence-electron chi connectivity index (χ1n) is 4.49. The molecule has 1 fully saturated rings. The second-order valence-electron chi connectivity index (χ2n) is 3.58. The lowest BCUT2D eigenvalue weighted by Gasteiger charge is -2.30. The lowest BCUT2D eigenvalue weighted by atomic mass is 9.92. The number of hydrogen-bond donors (Lipinski definition) is 4. The summed E-state index contributed by atoms with van der Waals surface area (Å²) >= 11 is 0. The van der Waals surface area contributed by atoms with Gasteiger partial charge in [0.25, 0.3) is 0 Å². The SMILES string of the molecule is NC1=CC(N)(C2CCNC2)N=CN1. The quantitative estimate of drug-likeness (QED) is 0.404. The first-order valence-corrected chi connectivity index (χ1v) is 4.49. The summed E-state index contributed by atoms with van der Waals surface area (Å²) in [6, 6.07) is 0.